The van der Waals surface area contributed by atoms with E-state index in [0.29, 0.717) is 5.56 Å². The molecule has 2 heterocycles. The lowest BCUT2D eigenvalue weighted by Gasteiger charge is -2.01. The van der Waals surface area contributed by atoms with Crippen molar-refractivity contribution in [3.8, 4) is 0 Å². The Morgan fingerprint density at radius 3 is 3.14 bits per heavy atom. The van der Waals surface area contributed by atoms with E-state index in [1.807, 2.05) is 0 Å². The zero-order valence-electron chi connectivity index (χ0n) is 7.40. The molecule has 0 unspecified atom stereocenters. The monoisotopic (exact) mass is 254 g/mol. The van der Waals surface area contributed by atoms with Crippen molar-refractivity contribution >= 4 is 27.5 Å². The number of halogens is 1. The molecular formula is C9H7BrN2O2. The van der Waals surface area contributed by atoms with Crippen LogP contribution in [-0.4, -0.2) is 22.5 Å². The number of methoxy groups -OCH3 is 1. The number of ether oxygens (including phenoxy) is 1. The molecule has 0 spiro atoms. The van der Waals surface area contributed by atoms with Crippen molar-refractivity contribution in [2.45, 2.75) is 0 Å². The van der Waals surface area contributed by atoms with Crippen LogP contribution in [0.25, 0.3) is 5.65 Å². The Balaban J connectivity index is 2.64. The fraction of sp³-hybridized carbons (Fsp3) is 0.111. The van der Waals surface area contributed by atoms with Gasteiger partial charge in [-0.3, -0.25) is 0 Å². The average molecular weight is 255 g/mol. The van der Waals surface area contributed by atoms with Gasteiger partial charge in [-0.1, -0.05) is 0 Å². The Hall–Kier alpha value is -1.36. The molecule has 0 N–H and O–H groups in total. The SMILES string of the molecule is COC(=O)c1cc(Br)c2nccn2c1. The van der Waals surface area contributed by atoms with Crippen LogP contribution >= 0.6 is 15.9 Å². The molecule has 0 aliphatic carbocycles. The summed E-state index contributed by atoms with van der Waals surface area (Å²) in [7, 11) is 1.36. The number of nitrogens with zero attached hydrogens (tertiary/aromatic N) is 2. The first kappa shape index (κ1) is 9.21. The van der Waals surface area contributed by atoms with Gasteiger partial charge < -0.3 is 9.14 Å². The van der Waals surface area contributed by atoms with Gasteiger partial charge in [-0.25, -0.2) is 9.78 Å². The summed E-state index contributed by atoms with van der Waals surface area (Å²) in [6.07, 6.45) is 5.12. The molecule has 2 aromatic heterocycles. The van der Waals surface area contributed by atoms with Crippen molar-refractivity contribution in [2.75, 3.05) is 7.11 Å². The molecular weight excluding hydrogens is 248 g/mol. The summed E-state index contributed by atoms with van der Waals surface area (Å²) in [4.78, 5) is 15.4. The van der Waals surface area contributed by atoms with E-state index < -0.39 is 0 Å². The second kappa shape index (κ2) is 3.42. The van der Waals surface area contributed by atoms with Gasteiger partial charge in [0.05, 0.1) is 17.1 Å². The van der Waals surface area contributed by atoms with Crippen LogP contribution in [0.1, 0.15) is 10.4 Å². The van der Waals surface area contributed by atoms with Crippen LogP contribution in [0, 0.1) is 0 Å². The Kier molecular flexibility index (Phi) is 2.25. The third-order valence-corrected chi connectivity index (χ3v) is 2.45. The first-order valence-corrected chi connectivity index (χ1v) is 4.72. The van der Waals surface area contributed by atoms with Gasteiger partial charge in [0.1, 0.15) is 0 Å². The van der Waals surface area contributed by atoms with E-state index in [1.54, 1.807) is 29.1 Å². The number of carbonyl (C=O) groups excluding carboxylic acids is 1. The molecule has 0 bridgehead atoms. The molecule has 5 heteroatoms. The van der Waals surface area contributed by atoms with Crippen LogP contribution < -0.4 is 0 Å². The molecule has 0 saturated heterocycles. The molecule has 4 nitrogen and oxygen atoms in total. The first-order valence-electron chi connectivity index (χ1n) is 3.93. The number of hydrogen-bond donors (Lipinski definition) is 0. The maximum atomic E-state index is 11.3. The Morgan fingerprint density at radius 1 is 1.64 bits per heavy atom. The lowest BCUT2D eigenvalue weighted by molar-refractivity contribution is 0.0600. The van der Waals surface area contributed by atoms with E-state index in [4.69, 9.17) is 0 Å². The lowest BCUT2D eigenvalue weighted by atomic mass is 10.3. The number of fused-ring (bicyclic) bond motifs is 1. The van der Waals surface area contributed by atoms with E-state index in [-0.39, 0.29) is 5.97 Å². The van der Waals surface area contributed by atoms with Gasteiger partial charge in [-0.15, -0.1) is 0 Å². The maximum absolute atomic E-state index is 11.3. The van der Waals surface area contributed by atoms with Gasteiger partial charge in [-0.05, 0) is 22.0 Å². The van der Waals surface area contributed by atoms with Gasteiger partial charge in [-0.2, -0.15) is 0 Å². The predicted molar refractivity (Wildman–Crippen MR) is 54.2 cm³/mol. The predicted octanol–water partition coefficient (Wildman–Crippen LogP) is 1.88. The average Bonchev–Trinajstić information content (AvgIpc) is 2.64. The third-order valence-electron chi connectivity index (χ3n) is 1.86. The molecule has 72 valence electrons. The Labute approximate surface area is 88.6 Å². The summed E-state index contributed by atoms with van der Waals surface area (Å²) in [6.45, 7) is 0. The highest BCUT2D eigenvalue weighted by Gasteiger charge is 2.09. The highest BCUT2D eigenvalue weighted by atomic mass is 79.9. The fourth-order valence-corrected chi connectivity index (χ4v) is 1.77. The normalized spacial score (nSPS) is 10.4. The summed E-state index contributed by atoms with van der Waals surface area (Å²) in [5, 5.41) is 0. The number of imidazole rings is 1. The minimum atomic E-state index is -0.360. The highest BCUT2D eigenvalue weighted by Crippen LogP contribution is 2.18. The zero-order valence-corrected chi connectivity index (χ0v) is 8.98. The van der Waals surface area contributed by atoms with Crippen LogP contribution in [0.15, 0.2) is 29.1 Å². The quantitative estimate of drug-likeness (QED) is 0.731. The zero-order chi connectivity index (χ0) is 10.1. The Bertz CT molecular complexity index is 493. The van der Waals surface area contributed by atoms with Crippen LogP contribution in [0.3, 0.4) is 0 Å². The van der Waals surface area contributed by atoms with Crippen LogP contribution in [0.4, 0.5) is 0 Å². The summed E-state index contributed by atoms with van der Waals surface area (Å²) >= 11 is 3.33. The second-order valence-electron chi connectivity index (χ2n) is 2.73. The molecule has 0 fully saturated rings. The standard InChI is InChI=1S/C9H7BrN2O2/c1-14-9(13)6-4-7(10)8-11-2-3-12(8)5-6/h2-5H,1H3. The van der Waals surface area contributed by atoms with Crippen molar-refractivity contribution in [1.82, 2.24) is 9.38 Å². The molecule has 0 atom stereocenters. The largest absolute Gasteiger partial charge is 0.465 e. The fourth-order valence-electron chi connectivity index (χ4n) is 1.22. The number of aromatic nitrogens is 2. The van der Waals surface area contributed by atoms with Crippen molar-refractivity contribution in [1.29, 1.82) is 0 Å². The Morgan fingerprint density at radius 2 is 2.43 bits per heavy atom. The van der Waals surface area contributed by atoms with Crippen LogP contribution in [-0.2, 0) is 4.74 Å². The summed E-state index contributed by atoms with van der Waals surface area (Å²) in [6, 6.07) is 1.69. The van der Waals surface area contributed by atoms with E-state index >= 15 is 0 Å². The molecule has 0 radical (unpaired) electrons. The minimum Gasteiger partial charge on any atom is -0.465 e. The summed E-state index contributed by atoms with van der Waals surface area (Å²) in [5.41, 5.74) is 1.27. The number of esters is 1. The van der Waals surface area contributed by atoms with Crippen molar-refractivity contribution in [2.24, 2.45) is 0 Å². The van der Waals surface area contributed by atoms with E-state index in [2.05, 4.69) is 25.7 Å². The highest BCUT2D eigenvalue weighted by molar-refractivity contribution is 9.10. The third kappa shape index (κ3) is 1.39. The molecule has 2 rings (SSSR count). The van der Waals surface area contributed by atoms with Crippen LogP contribution in [0.5, 0.6) is 0 Å². The number of hydrogen-bond acceptors (Lipinski definition) is 3. The molecule has 0 aliphatic rings. The maximum Gasteiger partial charge on any atom is 0.339 e. The van der Waals surface area contributed by atoms with Crippen molar-refractivity contribution in [3.63, 3.8) is 0 Å². The van der Waals surface area contributed by atoms with Crippen molar-refractivity contribution in [3.05, 3.63) is 34.7 Å². The first-order chi connectivity index (χ1) is 6.72. The molecule has 14 heavy (non-hydrogen) atoms. The van der Waals surface area contributed by atoms with E-state index in [0.717, 1.165) is 10.1 Å². The number of rotatable bonds is 1. The topological polar surface area (TPSA) is 43.6 Å². The lowest BCUT2D eigenvalue weighted by Crippen LogP contribution is -2.03. The molecule has 0 aromatic carbocycles. The van der Waals surface area contributed by atoms with E-state index in [1.165, 1.54) is 7.11 Å². The van der Waals surface area contributed by atoms with Gasteiger partial charge in [0.15, 0.2) is 5.65 Å². The summed E-state index contributed by atoms with van der Waals surface area (Å²) in [5.74, 6) is -0.360. The van der Waals surface area contributed by atoms with Gasteiger partial charge >= 0.3 is 5.97 Å². The van der Waals surface area contributed by atoms with Gasteiger partial charge in [0.2, 0.25) is 0 Å². The van der Waals surface area contributed by atoms with Crippen molar-refractivity contribution < 1.29 is 9.53 Å². The molecule has 0 amide bonds. The summed E-state index contributed by atoms with van der Waals surface area (Å²) < 4.78 is 7.15. The molecule has 0 saturated carbocycles. The molecule has 0 aliphatic heterocycles. The van der Waals surface area contributed by atoms with E-state index in [9.17, 15) is 4.79 Å². The number of pyridine rings is 1. The molecule has 2 aromatic rings. The van der Waals surface area contributed by atoms with Gasteiger partial charge in [0, 0.05) is 18.6 Å². The number of carbonyl (C=O) groups is 1. The van der Waals surface area contributed by atoms with Crippen LogP contribution in [0.2, 0.25) is 0 Å². The minimum absolute atomic E-state index is 0.360. The second-order valence-corrected chi connectivity index (χ2v) is 3.58. The van der Waals surface area contributed by atoms with Gasteiger partial charge in [0.25, 0.3) is 0 Å². The smallest absolute Gasteiger partial charge is 0.339 e.